The molecule has 2 nitrogen and oxygen atoms in total. The second kappa shape index (κ2) is 7.33. The van der Waals surface area contributed by atoms with Crippen LogP contribution in [0.3, 0.4) is 0 Å². The average Bonchev–Trinajstić information content (AvgIpc) is 2.45. The first kappa shape index (κ1) is 15.7. The zero-order valence-electron chi connectivity index (χ0n) is 12.6. The molecule has 20 heavy (non-hydrogen) atoms. The highest BCUT2D eigenvalue weighted by Gasteiger charge is 2.22. The number of ether oxygens (including phenoxy) is 1. The zero-order chi connectivity index (χ0) is 14.4. The first-order valence-electron chi connectivity index (χ1n) is 7.61. The maximum atomic E-state index is 5.79. The molecule has 1 aromatic carbocycles. The van der Waals surface area contributed by atoms with E-state index in [0.29, 0.717) is 11.3 Å². The SMILES string of the molecule is CC(C)(CCCCl)CNCC1CCOc2ccccc21. The molecule has 1 aliphatic heterocycles. The Morgan fingerprint density at radius 2 is 2.15 bits per heavy atom. The molecule has 1 atom stereocenters. The van der Waals surface area contributed by atoms with Crippen molar-refractivity contribution in [1.29, 1.82) is 0 Å². The van der Waals surface area contributed by atoms with E-state index in [-0.39, 0.29) is 0 Å². The van der Waals surface area contributed by atoms with Gasteiger partial charge < -0.3 is 10.1 Å². The van der Waals surface area contributed by atoms with Crippen LogP contribution in [0.15, 0.2) is 24.3 Å². The summed E-state index contributed by atoms with van der Waals surface area (Å²) >= 11 is 5.79. The summed E-state index contributed by atoms with van der Waals surface area (Å²) in [6.45, 7) is 7.53. The van der Waals surface area contributed by atoms with E-state index in [1.807, 2.05) is 6.07 Å². The van der Waals surface area contributed by atoms with Crippen LogP contribution in [-0.2, 0) is 0 Å². The van der Waals surface area contributed by atoms with Crippen LogP contribution in [0.1, 0.15) is 44.6 Å². The molecule has 0 saturated heterocycles. The maximum Gasteiger partial charge on any atom is 0.122 e. The van der Waals surface area contributed by atoms with Gasteiger partial charge in [0.05, 0.1) is 6.61 Å². The molecule has 1 unspecified atom stereocenters. The molecule has 0 aliphatic carbocycles. The predicted molar refractivity (Wildman–Crippen MR) is 85.9 cm³/mol. The fraction of sp³-hybridized carbons (Fsp3) is 0.647. The number of fused-ring (bicyclic) bond motifs is 1. The standard InChI is InChI=1S/C17H26ClNO/c1-17(2,9-5-10-18)13-19-12-14-8-11-20-16-7-4-3-6-15(14)16/h3-4,6-7,14,19H,5,8-13H2,1-2H3. The molecule has 0 saturated carbocycles. The number of benzene rings is 1. The molecule has 3 heteroatoms. The van der Waals surface area contributed by atoms with Crippen molar-refractivity contribution in [2.45, 2.75) is 39.0 Å². The number of para-hydroxylation sites is 1. The van der Waals surface area contributed by atoms with Crippen LogP contribution < -0.4 is 10.1 Å². The van der Waals surface area contributed by atoms with Crippen molar-refractivity contribution in [3.63, 3.8) is 0 Å². The number of hydrogen-bond acceptors (Lipinski definition) is 2. The van der Waals surface area contributed by atoms with Gasteiger partial charge in [0.15, 0.2) is 0 Å². The highest BCUT2D eigenvalue weighted by molar-refractivity contribution is 6.17. The molecule has 0 radical (unpaired) electrons. The van der Waals surface area contributed by atoms with Gasteiger partial charge in [-0.05, 0) is 36.3 Å². The van der Waals surface area contributed by atoms with Gasteiger partial charge in [-0.1, -0.05) is 32.0 Å². The molecule has 0 amide bonds. The number of hydrogen-bond donors (Lipinski definition) is 1. The third-order valence-corrected chi connectivity index (χ3v) is 4.33. The number of halogens is 1. The quantitative estimate of drug-likeness (QED) is 0.762. The Labute approximate surface area is 127 Å². The minimum absolute atomic E-state index is 0.319. The molecular formula is C17H26ClNO. The monoisotopic (exact) mass is 295 g/mol. The molecule has 112 valence electrons. The lowest BCUT2D eigenvalue weighted by atomic mass is 9.87. The van der Waals surface area contributed by atoms with Gasteiger partial charge in [-0.25, -0.2) is 0 Å². The van der Waals surface area contributed by atoms with Gasteiger partial charge in [0.2, 0.25) is 0 Å². The average molecular weight is 296 g/mol. The van der Waals surface area contributed by atoms with E-state index in [9.17, 15) is 0 Å². The summed E-state index contributed by atoms with van der Waals surface area (Å²) in [5, 5.41) is 3.65. The van der Waals surface area contributed by atoms with Gasteiger partial charge >= 0.3 is 0 Å². The maximum absolute atomic E-state index is 5.79. The smallest absolute Gasteiger partial charge is 0.122 e. The van der Waals surface area contributed by atoms with Gasteiger partial charge in [-0.15, -0.1) is 11.6 Å². The summed E-state index contributed by atoms with van der Waals surface area (Å²) in [7, 11) is 0. The lowest BCUT2D eigenvalue weighted by molar-refractivity contribution is 0.256. The van der Waals surface area contributed by atoms with Crippen LogP contribution >= 0.6 is 11.6 Å². The van der Waals surface area contributed by atoms with E-state index in [4.69, 9.17) is 16.3 Å². The normalized spacial score (nSPS) is 18.4. The Morgan fingerprint density at radius 1 is 1.35 bits per heavy atom. The van der Waals surface area contributed by atoms with E-state index in [2.05, 4.69) is 37.4 Å². The number of nitrogens with one attached hydrogen (secondary N) is 1. The zero-order valence-corrected chi connectivity index (χ0v) is 13.4. The molecule has 2 rings (SSSR count). The summed E-state index contributed by atoms with van der Waals surface area (Å²) in [6.07, 6.45) is 3.37. The lowest BCUT2D eigenvalue weighted by Crippen LogP contribution is -2.33. The van der Waals surface area contributed by atoms with Crippen molar-refractivity contribution >= 4 is 11.6 Å². The van der Waals surface area contributed by atoms with Crippen LogP contribution in [-0.4, -0.2) is 25.6 Å². The van der Waals surface area contributed by atoms with Crippen LogP contribution in [0.5, 0.6) is 5.75 Å². The molecule has 0 aromatic heterocycles. The fourth-order valence-electron chi connectivity index (χ4n) is 2.85. The fourth-order valence-corrected chi connectivity index (χ4v) is 2.98. The third kappa shape index (κ3) is 4.39. The van der Waals surface area contributed by atoms with Gasteiger partial charge in [-0.2, -0.15) is 0 Å². The molecule has 1 N–H and O–H groups in total. The van der Waals surface area contributed by atoms with E-state index >= 15 is 0 Å². The molecular weight excluding hydrogens is 270 g/mol. The first-order chi connectivity index (χ1) is 9.62. The van der Waals surface area contributed by atoms with Crippen molar-refractivity contribution in [2.24, 2.45) is 5.41 Å². The highest BCUT2D eigenvalue weighted by Crippen LogP contribution is 2.33. The van der Waals surface area contributed by atoms with Crippen molar-refractivity contribution in [3.8, 4) is 5.75 Å². The molecule has 1 aromatic rings. The molecule has 1 heterocycles. The summed E-state index contributed by atoms with van der Waals surface area (Å²) in [5.74, 6) is 2.40. The van der Waals surface area contributed by atoms with Gasteiger partial charge in [0.1, 0.15) is 5.75 Å². The van der Waals surface area contributed by atoms with E-state index < -0.39 is 0 Å². The Bertz CT molecular complexity index is 419. The van der Waals surface area contributed by atoms with Crippen LogP contribution in [0.2, 0.25) is 0 Å². The second-order valence-electron chi connectivity index (χ2n) is 6.46. The summed E-state index contributed by atoms with van der Waals surface area (Å²) in [6, 6.07) is 8.42. The van der Waals surface area contributed by atoms with Gasteiger partial charge in [0, 0.05) is 24.9 Å². The third-order valence-electron chi connectivity index (χ3n) is 4.06. The van der Waals surface area contributed by atoms with Crippen molar-refractivity contribution in [2.75, 3.05) is 25.6 Å². The first-order valence-corrected chi connectivity index (χ1v) is 8.14. The molecule has 0 bridgehead atoms. The minimum Gasteiger partial charge on any atom is -0.493 e. The Hall–Kier alpha value is -0.730. The summed E-state index contributed by atoms with van der Waals surface area (Å²) < 4.78 is 5.71. The van der Waals surface area contributed by atoms with Crippen LogP contribution in [0.25, 0.3) is 0 Å². The lowest BCUT2D eigenvalue weighted by Gasteiger charge is -2.29. The minimum atomic E-state index is 0.319. The van der Waals surface area contributed by atoms with E-state index in [1.54, 1.807) is 0 Å². The van der Waals surface area contributed by atoms with Crippen LogP contribution in [0, 0.1) is 5.41 Å². The van der Waals surface area contributed by atoms with Crippen molar-refractivity contribution in [1.82, 2.24) is 5.32 Å². The Kier molecular flexibility index (Phi) is 5.74. The van der Waals surface area contributed by atoms with Gasteiger partial charge in [0.25, 0.3) is 0 Å². The summed E-state index contributed by atoms with van der Waals surface area (Å²) in [5.41, 5.74) is 1.67. The number of rotatable bonds is 7. The van der Waals surface area contributed by atoms with Crippen molar-refractivity contribution < 1.29 is 4.74 Å². The second-order valence-corrected chi connectivity index (χ2v) is 6.84. The Balaban J connectivity index is 1.83. The highest BCUT2D eigenvalue weighted by atomic mass is 35.5. The summed E-state index contributed by atoms with van der Waals surface area (Å²) in [4.78, 5) is 0. The largest absolute Gasteiger partial charge is 0.493 e. The van der Waals surface area contributed by atoms with Gasteiger partial charge in [-0.3, -0.25) is 0 Å². The van der Waals surface area contributed by atoms with Crippen LogP contribution in [0.4, 0.5) is 0 Å². The van der Waals surface area contributed by atoms with E-state index in [1.165, 1.54) is 12.0 Å². The molecule has 0 spiro atoms. The molecule has 1 aliphatic rings. The molecule has 0 fully saturated rings. The van der Waals surface area contributed by atoms with Crippen molar-refractivity contribution in [3.05, 3.63) is 29.8 Å². The Morgan fingerprint density at radius 3 is 2.95 bits per heavy atom. The number of alkyl halides is 1. The predicted octanol–water partition coefficient (Wildman–Crippen LogP) is 4.19. The topological polar surface area (TPSA) is 21.3 Å². The van der Waals surface area contributed by atoms with E-state index in [0.717, 1.165) is 44.2 Å².